The van der Waals surface area contributed by atoms with Crippen LogP contribution in [0, 0.1) is 24.2 Å². The fraction of sp³-hybridized carbons (Fsp3) is 0.370. The first-order chi connectivity index (χ1) is 16.8. The van der Waals surface area contributed by atoms with Gasteiger partial charge in [0.2, 0.25) is 5.91 Å². The molecule has 0 unspecified atom stereocenters. The van der Waals surface area contributed by atoms with Gasteiger partial charge in [-0.2, -0.15) is 10.4 Å². The molecule has 0 atom stereocenters. The minimum Gasteiger partial charge on any atom is -0.342 e. The summed E-state index contributed by atoms with van der Waals surface area (Å²) < 4.78 is 1.72. The molecule has 1 saturated carbocycles. The Morgan fingerprint density at radius 2 is 1.89 bits per heavy atom. The fourth-order valence-electron chi connectivity index (χ4n) is 5.30. The number of likely N-dealkylation sites (tertiary alicyclic amines) is 1. The van der Waals surface area contributed by atoms with Gasteiger partial charge in [-0.15, -0.1) is 0 Å². The average Bonchev–Trinajstić information content (AvgIpc) is 3.46. The van der Waals surface area contributed by atoms with Crippen molar-refractivity contribution >= 4 is 28.6 Å². The van der Waals surface area contributed by atoms with Gasteiger partial charge in [-0.25, -0.2) is 0 Å². The summed E-state index contributed by atoms with van der Waals surface area (Å²) in [7, 11) is 1.84. The van der Waals surface area contributed by atoms with Crippen molar-refractivity contribution < 1.29 is 9.59 Å². The molecule has 1 saturated heterocycles. The number of amidine groups is 1. The number of carbonyl (C=O) groups is 2. The first-order valence-electron chi connectivity index (χ1n) is 12.0. The van der Waals surface area contributed by atoms with Gasteiger partial charge in [-0.05, 0) is 48.6 Å². The molecule has 2 fully saturated rings. The highest BCUT2D eigenvalue weighted by molar-refractivity contribution is 6.17. The van der Waals surface area contributed by atoms with Gasteiger partial charge in [0, 0.05) is 50.5 Å². The van der Waals surface area contributed by atoms with Crippen LogP contribution in [0.3, 0.4) is 0 Å². The number of amides is 2. The quantitative estimate of drug-likeness (QED) is 0.591. The van der Waals surface area contributed by atoms with Crippen molar-refractivity contribution in [3.05, 3.63) is 53.2 Å². The fourth-order valence-corrected chi connectivity index (χ4v) is 5.30. The van der Waals surface area contributed by atoms with Crippen molar-refractivity contribution in [2.24, 2.45) is 18.0 Å². The summed E-state index contributed by atoms with van der Waals surface area (Å²) in [5.41, 5.74) is 4.83. The summed E-state index contributed by atoms with van der Waals surface area (Å²) in [6.45, 7) is 5.62. The van der Waals surface area contributed by atoms with E-state index in [9.17, 15) is 14.9 Å². The van der Waals surface area contributed by atoms with Crippen LogP contribution in [0.5, 0.6) is 0 Å². The van der Waals surface area contributed by atoms with Gasteiger partial charge in [0.25, 0.3) is 5.91 Å². The van der Waals surface area contributed by atoms with E-state index in [0.717, 1.165) is 51.8 Å². The van der Waals surface area contributed by atoms with Gasteiger partial charge in [0.1, 0.15) is 17.4 Å². The lowest BCUT2D eigenvalue weighted by Gasteiger charge is -2.40. The van der Waals surface area contributed by atoms with Crippen molar-refractivity contribution in [2.45, 2.75) is 32.2 Å². The molecule has 2 aliphatic heterocycles. The van der Waals surface area contributed by atoms with Crippen molar-refractivity contribution in [3.8, 4) is 17.2 Å². The molecule has 3 aromatic rings. The Morgan fingerprint density at radius 1 is 1.17 bits per heavy atom. The molecular formula is C27H26N6O2. The lowest BCUT2D eigenvalue weighted by Crippen LogP contribution is -2.54. The molecule has 1 spiro atoms. The van der Waals surface area contributed by atoms with Crippen LogP contribution in [-0.4, -0.2) is 62.4 Å². The van der Waals surface area contributed by atoms with Gasteiger partial charge in [0.15, 0.2) is 5.69 Å². The highest BCUT2D eigenvalue weighted by Gasteiger charge is 2.57. The Bertz CT molecular complexity index is 1480. The number of carbonyl (C=O) groups excluding carboxylic acids is 2. The number of nitrogens with zero attached hydrogens (tertiary/aromatic N) is 6. The number of hydrogen-bond donors (Lipinski definition) is 0. The second kappa shape index (κ2) is 7.51. The third kappa shape index (κ3) is 3.34. The van der Waals surface area contributed by atoms with Crippen LogP contribution in [0.2, 0.25) is 0 Å². The Hall–Kier alpha value is -3.99. The summed E-state index contributed by atoms with van der Waals surface area (Å²) in [6, 6.07) is 14.4. The Labute approximate surface area is 203 Å². The molecule has 0 N–H and O–H groups in total. The van der Waals surface area contributed by atoms with Crippen LogP contribution in [-0.2, 0) is 16.6 Å². The smallest absolute Gasteiger partial charge is 0.256 e. The topological polar surface area (TPSA) is 94.6 Å². The molecule has 2 amide bonds. The zero-order valence-corrected chi connectivity index (χ0v) is 20.1. The van der Waals surface area contributed by atoms with E-state index in [1.807, 2.05) is 48.0 Å². The predicted octanol–water partition coefficient (Wildman–Crippen LogP) is 3.02. The second-order valence-electron chi connectivity index (χ2n) is 10.0. The molecule has 3 heterocycles. The third-order valence-electron chi connectivity index (χ3n) is 7.54. The minimum absolute atomic E-state index is 0.0827. The number of fused-ring (bicyclic) bond motifs is 1. The number of nitriles is 1. The molecule has 6 rings (SSSR count). The molecule has 0 radical (unpaired) electrons. The van der Waals surface area contributed by atoms with Crippen LogP contribution in [0.15, 0.2) is 41.4 Å². The molecule has 3 aliphatic rings. The molecule has 0 bridgehead atoms. The maximum Gasteiger partial charge on any atom is 0.256 e. The van der Waals surface area contributed by atoms with E-state index in [-0.39, 0.29) is 17.7 Å². The Balaban J connectivity index is 1.31. The predicted molar refractivity (Wildman–Crippen MR) is 132 cm³/mol. The van der Waals surface area contributed by atoms with Crippen LogP contribution < -0.4 is 0 Å². The van der Waals surface area contributed by atoms with Crippen LogP contribution in [0.25, 0.3) is 22.0 Å². The van der Waals surface area contributed by atoms with E-state index < -0.39 is 5.54 Å². The molecule has 35 heavy (non-hydrogen) atoms. The van der Waals surface area contributed by atoms with Gasteiger partial charge >= 0.3 is 0 Å². The van der Waals surface area contributed by atoms with E-state index >= 15 is 0 Å². The summed E-state index contributed by atoms with van der Waals surface area (Å²) in [6.07, 6.45) is 1.61. The first-order valence-corrected chi connectivity index (χ1v) is 12.0. The van der Waals surface area contributed by atoms with E-state index in [0.29, 0.717) is 25.3 Å². The van der Waals surface area contributed by atoms with Gasteiger partial charge in [0.05, 0.1) is 5.52 Å². The van der Waals surface area contributed by atoms with E-state index in [4.69, 9.17) is 4.99 Å². The van der Waals surface area contributed by atoms with Crippen LogP contribution >= 0.6 is 0 Å². The van der Waals surface area contributed by atoms with Gasteiger partial charge in [-0.1, -0.05) is 24.3 Å². The molecule has 2 aromatic carbocycles. The Morgan fingerprint density at radius 3 is 2.54 bits per heavy atom. The average molecular weight is 467 g/mol. The van der Waals surface area contributed by atoms with Gasteiger partial charge < -0.3 is 4.90 Å². The van der Waals surface area contributed by atoms with Crippen molar-refractivity contribution in [3.63, 3.8) is 0 Å². The number of benzene rings is 2. The molecule has 176 valence electrons. The zero-order valence-electron chi connectivity index (χ0n) is 20.1. The highest BCUT2D eigenvalue weighted by Crippen LogP contribution is 2.46. The van der Waals surface area contributed by atoms with E-state index in [1.165, 1.54) is 0 Å². The monoisotopic (exact) mass is 466 g/mol. The standard InChI is InChI=1S/C27H26N6O2/c1-16-10-19(20-5-7-24-22(11-20)23(12-28)30-31(24)3)4-6-21(16)25-29-27(8-9-27)26(35)33(25)15-18-13-32(14-18)17(2)34/h4-7,10-11,18H,8-9,13-15H2,1-3H3. The number of hydrogen-bond acceptors (Lipinski definition) is 5. The number of rotatable bonds is 4. The molecule has 8 nitrogen and oxygen atoms in total. The minimum atomic E-state index is -0.566. The van der Waals surface area contributed by atoms with Crippen molar-refractivity contribution in [2.75, 3.05) is 19.6 Å². The lowest BCUT2D eigenvalue weighted by molar-refractivity contribution is -0.136. The molecular weight excluding hydrogens is 440 g/mol. The third-order valence-corrected chi connectivity index (χ3v) is 7.54. The number of aryl methyl sites for hydroxylation is 2. The number of aromatic nitrogens is 2. The van der Waals surface area contributed by atoms with Gasteiger partial charge in [-0.3, -0.25) is 24.2 Å². The largest absolute Gasteiger partial charge is 0.342 e. The maximum absolute atomic E-state index is 13.2. The molecule has 8 heteroatoms. The first kappa shape index (κ1) is 21.5. The molecule has 1 aromatic heterocycles. The van der Waals surface area contributed by atoms with Crippen molar-refractivity contribution in [1.29, 1.82) is 5.26 Å². The van der Waals surface area contributed by atoms with Crippen LogP contribution in [0.4, 0.5) is 0 Å². The van der Waals surface area contributed by atoms with Crippen LogP contribution in [0.1, 0.15) is 36.6 Å². The lowest BCUT2D eigenvalue weighted by atomic mass is 9.96. The summed E-state index contributed by atoms with van der Waals surface area (Å²) in [4.78, 5) is 33.4. The molecule has 1 aliphatic carbocycles. The second-order valence-corrected chi connectivity index (χ2v) is 10.0. The summed E-state index contributed by atoms with van der Waals surface area (Å²) in [5.74, 6) is 1.22. The van der Waals surface area contributed by atoms with E-state index in [1.54, 1.807) is 11.6 Å². The Kier molecular flexibility index (Phi) is 4.62. The SMILES string of the molecule is CC(=O)N1CC(CN2C(=O)C3(CC3)N=C2c2ccc(-c3ccc4c(c3)c(C#N)nn4C)cc2C)C1. The summed E-state index contributed by atoms with van der Waals surface area (Å²) in [5, 5.41) is 14.6. The maximum atomic E-state index is 13.2. The summed E-state index contributed by atoms with van der Waals surface area (Å²) >= 11 is 0. The van der Waals surface area contributed by atoms with E-state index in [2.05, 4.69) is 23.3 Å². The zero-order chi connectivity index (χ0) is 24.5. The number of aliphatic imine (C=N–C) groups is 1. The normalized spacial score (nSPS) is 18.7. The van der Waals surface area contributed by atoms with Crippen molar-refractivity contribution in [1.82, 2.24) is 19.6 Å². The highest BCUT2D eigenvalue weighted by atomic mass is 16.2.